The van der Waals surface area contributed by atoms with Gasteiger partial charge in [-0.1, -0.05) is 11.6 Å². The van der Waals surface area contributed by atoms with E-state index in [-0.39, 0.29) is 41.7 Å². The second-order valence-electron chi connectivity index (χ2n) is 7.49. The monoisotopic (exact) mass is 383 g/mol. The first-order valence-electron chi connectivity index (χ1n) is 9.13. The van der Waals surface area contributed by atoms with E-state index in [9.17, 15) is 9.59 Å². The van der Waals surface area contributed by atoms with E-state index in [0.29, 0.717) is 22.2 Å². The fourth-order valence-corrected chi connectivity index (χ4v) is 4.96. The highest BCUT2D eigenvalue weighted by Crippen LogP contribution is 2.57. The normalized spacial score (nSPS) is 30.3. The molecule has 1 N–H and O–H groups in total. The summed E-state index contributed by atoms with van der Waals surface area (Å²) in [5.74, 6) is 1.02. The number of amides is 1. The lowest BCUT2D eigenvalue weighted by atomic mass is 9.79. The molecule has 0 aromatic heterocycles. The zero-order valence-electron chi connectivity index (χ0n) is 14.4. The minimum absolute atomic E-state index is 0.0425. The molecule has 1 aliphatic heterocycles. The Morgan fingerprint density at radius 3 is 2.41 bits per heavy atom. The molecule has 3 aliphatic rings. The van der Waals surface area contributed by atoms with Gasteiger partial charge in [0.05, 0.1) is 11.8 Å². The van der Waals surface area contributed by atoms with Crippen molar-refractivity contribution >= 4 is 29.2 Å². The number of halogens is 1. The Hall–Kier alpha value is -2.53. The standard InChI is InChI=1S/C21H18ClNO4/c22-12-1-5-14(6-2-12)26-15-7-3-13(4-8-15)23-20(24)18-11-9-16-17(10-11)27-21(25)19(16)18/h1-8,11,16-19H,9-10H2,(H,23,24)/t11-,16+,17-,18+,19+/m0/s1. The van der Waals surface area contributed by atoms with E-state index in [1.165, 1.54) is 0 Å². The Bertz CT molecular complexity index is 893. The van der Waals surface area contributed by atoms with Gasteiger partial charge in [0.15, 0.2) is 0 Å². The minimum atomic E-state index is -0.272. The minimum Gasteiger partial charge on any atom is -0.462 e. The zero-order valence-corrected chi connectivity index (χ0v) is 15.2. The van der Waals surface area contributed by atoms with Crippen LogP contribution in [0, 0.1) is 23.7 Å². The molecule has 0 radical (unpaired) electrons. The summed E-state index contributed by atoms with van der Waals surface area (Å²) in [6.07, 6.45) is 1.78. The number of hydrogen-bond donors (Lipinski definition) is 1. The third-order valence-electron chi connectivity index (χ3n) is 5.96. The molecule has 2 saturated carbocycles. The highest BCUT2D eigenvalue weighted by molar-refractivity contribution is 6.30. The lowest BCUT2D eigenvalue weighted by Gasteiger charge is -2.23. The summed E-state index contributed by atoms with van der Waals surface area (Å²) in [4.78, 5) is 24.9. The number of rotatable bonds is 4. The smallest absolute Gasteiger partial charge is 0.310 e. The molecule has 5 rings (SSSR count). The maximum Gasteiger partial charge on any atom is 0.310 e. The van der Waals surface area contributed by atoms with Gasteiger partial charge < -0.3 is 14.8 Å². The van der Waals surface area contributed by atoms with Crippen LogP contribution in [0.2, 0.25) is 5.02 Å². The lowest BCUT2D eigenvalue weighted by molar-refractivity contribution is -0.145. The SMILES string of the molecule is O=C(Nc1ccc(Oc2ccc(Cl)cc2)cc1)[C@@H]1[C@H]2C[C@H]3[C@H]1C(=O)O[C@H]3C2. The second kappa shape index (κ2) is 6.27. The number of fused-ring (bicyclic) bond motifs is 1. The van der Waals surface area contributed by atoms with Crippen molar-refractivity contribution in [3.8, 4) is 11.5 Å². The van der Waals surface area contributed by atoms with E-state index in [0.717, 1.165) is 12.8 Å². The van der Waals surface area contributed by atoms with E-state index in [1.807, 2.05) is 0 Å². The van der Waals surface area contributed by atoms with Crippen molar-refractivity contribution in [2.75, 3.05) is 5.32 Å². The van der Waals surface area contributed by atoms with Crippen LogP contribution in [0.15, 0.2) is 48.5 Å². The Balaban J connectivity index is 1.25. The molecule has 6 heteroatoms. The van der Waals surface area contributed by atoms with Gasteiger partial charge in [-0.05, 0) is 67.3 Å². The fraction of sp³-hybridized carbons (Fsp3) is 0.333. The average molecular weight is 384 g/mol. The van der Waals surface area contributed by atoms with Crippen molar-refractivity contribution in [1.29, 1.82) is 0 Å². The van der Waals surface area contributed by atoms with Crippen molar-refractivity contribution in [3.63, 3.8) is 0 Å². The molecule has 2 aromatic rings. The maximum absolute atomic E-state index is 12.8. The number of hydrogen-bond acceptors (Lipinski definition) is 4. The number of esters is 1. The summed E-state index contributed by atoms with van der Waals surface area (Å²) < 4.78 is 11.2. The number of nitrogens with one attached hydrogen (secondary N) is 1. The molecule has 27 heavy (non-hydrogen) atoms. The van der Waals surface area contributed by atoms with Crippen LogP contribution in [0.3, 0.4) is 0 Å². The summed E-state index contributed by atoms with van der Waals surface area (Å²) >= 11 is 5.87. The van der Waals surface area contributed by atoms with E-state index >= 15 is 0 Å². The van der Waals surface area contributed by atoms with Crippen LogP contribution in [-0.4, -0.2) is 18.0 Å². The van der Waals surface area contributed by atoms with Crippen LogP contribution in [-0.2, 0) is 14.3 Å². The molecule has 1 saturated heterocycles. The quantitative estimate of drug-likeness (QED) is 0.801. The van der Waals surface area contributed by atoms with Crippen molar-refractivity contribution in [2.45, 2.75) is 18.9 Å². The number of benzene rings is 2. The van der Waals surface area contributed by atoms with Gasteiger partial charge in [-0.15, -0.1) is 0 Å². The van der Waals surface area contributed by atoms with Crippen LogP contribution >= 0.6 is 11.6 Å². The first-order chi connectivity index (χ1) is 13.1. The van der Waals surface area contributed by atoms with Crippen molar-refractivity contribution in [3.05, 3.63) is 53.6 Å². The lowest BCUT2D eigenvalue weighted by Crippen LogP contribution is -2.35. The highest BCUT2D eigenvalue weighted by atomic mass is 35.5. The Morgan fingerprint density at radius 1 is 1.04 bits per heavy atom. The molecule has 5 nitrogen and oxygen atoms in total. The number of anilines is 1. The van der Waals surface area contributed by atoms with Gasteiger partial charge in [0.1, 0.15) is 17.6 Å². The Morgan fingerprint density at radius 2 is 1.70 bits per heavy atom. The first-order valence-corrected chi connectivity index (χ1v) is 9.51. The highest BCUT2D eigenvalue weighted by Gasteiger charge is 2.63. The fourth-order valence-electron chi connectivity index (χ4n) is 4.83. The van der Waals surface area contributed by atoms with Crippen LogP contribution in [0.1, 0.15) is 12.8 Å². The predicted molar refractivity (Wildman–Crippen MR) is 99.7 cm³/mol. The molecule has 0 unspecified atom stereocenters. The number of ether oxygens (including phenoxy) is 2. The van der Waals surface area contributed by atoms with Gasteiger partial charge in [-0.2, -0.15) is 0 Å². The van der Waals surface area contributed by atoms with Gasteiger partial charge in [-0.3, -0.25) is 9.59 Å². The number of carbonyl (C=O) groups excluding carboxylic acids is 2. The molecule has 5 atom stereocenters. The van der Waals surface area contributed by atoms with Crippen LogP contribution in [0.5, 0.6) is 11.5 Å². The van der Waals surface area contributed by atoms with Gasteiger partial charge in [0.2, 0.25) is 5.91 Å². The summed E-state index contributed by atoms with van der Waals surface area (Å²) in [5.41, 5.74) is 0.689. The summed E-state index contributed by atoms with van der Waals surface area (Å²) in [6.45, 7) is 0. The zero-order chi connectivity index (χ0) is 18.5. The van der Waals surface area contributed by atoms with Crippen molar-refractivity contribution < 1.29 is 19.1 Å². The van der Waals surface area contributed by atoms with Gasteiger partial charge in [0.25, 0.3) is 0 Å². The molecule has 2 aromatic carbocycles. The first kappa shape index (κ1) is 16.6. The van der Waals surface area contributed by atoms with Crippen molar-refractivity contribution in [2.24, 2.45) is 23.7 Å². The number of carbonyl (C=O) groups is 2. The van der Waals surface area contributed by atoms with Crippen molar-refractivity contribution in [1.82, 2.24) is 0 Å². The summed E-state index contributed by atoms with van der Waals surface area (Å²) in [5, 5.41) is 3.60. The third-order valence-corrected chi connectivity index (χ3v) is 6.21. The Kier molecular flexibility index (Phi) is 3.86. The van der Waals surface area contributed by atoms with Gasteiger partial charge in [-0.25, -0.2) is 0 Å². The molecule has 2 aliphatic carbocycles. The molecular formula is C21H18ClNO4. The molecule has 0 spiro atoms. The van der Waals surface area contributed by atoms with E-state index < -0.39 is 0 Å². The second-order valence-corrected chi connectivity index (χ2v) is 7.93. The average Bonchev–Trinajstić information content (AvgIpc) is 3.27. The van der Waals surface area contributed by atoms with Crippen LogP contribution in [0.25, 0.3) is 0 Å². The maximum atomic E-state index is 12.8. The molecule has 2 bridgehead atoms. The largest absolute Gasteiger partial charge is 0.462 e. The van der Waals surface area contributed by atoms with Crippen LogP contribution < -0.4 is 10.1 Å². The van der Waals surface area contributed by atoms with Gasteiger partial charge >= 0.3 is 5.97 Å². The molecule has 138 valence electrons. The van der Waals surface area contributed by atoms with Gasteiger partial charge in [0, 0.05) is 16.6 Å². The van der Waals surface area contributed by atoms with E-state index in [2.05, 4.69) is 5.32 Å². The van der Waals surface area contributed by atoms with Crippen LogP contribution in [0.4, 0.5) is 5.69 Å². The summed E-state index contributed by atoms with van der Waals surface area (Å²) in [6, 6.07) is 14.3. The molecule has 3 fully saturated rings. The van der Waals surface area contributed by atoms with E-state index in [1.54, 1.807) is 48.5 Å². The van der Waals surface area contributed by atoms with E-state index in [4.69, 9.17) is 21.1 Å². The third kappa shape index (κ3) is 2.86. The Labute approximate surface area is 161 Å². The predicted octanol–water partition coefficient (Wildman–Crippen LogP) is 4.27. The molecular weight excluding hydrogens is 366 g/mol. The molecule has 1 amide bonds. The topological polar surface area (TPSA) is 64.6 Å². The molecule has 1 heterocycles. The summed E-state index contributed by atoms with van der Waals surface area (Å²) in [7, 11) is 0.